The molecule has 1 aromatic rings. The van der Waals surface area contributed by atoms with Gasteiger partial charge in [0.2, 0.25) is 5.79 Å². The van der Waals surface area contributed by atoms with E-state index in [0.717, 1.165) is 0 Å². The van der Waals surface area contributed by atoms with E-state index in [1.807, 2.05) is 13.8 Å². The molecule has 0 aliphatic heterocycles. The van der Waals surface area contributed by atoms with E-state index in [-0.39, 0.29) is 5.78 Å². The number of hydrogen-bond donors (Lipinski definition) is 1. The van der Waals surface area contributed by atoms with Crippen LogP contribution in [0.3, 0.4) is 0 Å². The molecule has 0 saturated heterocycles. The third-order valence-corrected chi connectivity index (χ3v) is 2.22. The molecule has 0 radical (unpaired) electrons. The number of nitrogens with zero attached hydrogens (tertiary/aromatic N) is 1. The Labute approximate surface area is 95.2 Å². The third kappa shape index (κ3) is 2.68. The molecule has 1 heterocycles. The summed E-state index contributed by atoms with van der Waals surface area (Å²) in [6, 6.07) is 0. The Morgan fingerprint density at radius 2 is 2.00 bits per heavy atom. The fraction of sp³-hybridized carbons (Fsp3) is 0.636. The summed E-state index contributed by atoms with van der Waals surface area (Å²) in [6.07, 6.45) is 1.49. The van der Waals surface area contributed by atoms with Crippen molar-refractivity contribution in [2.75, 3.05) is 13.2 Å². The van der Waals surface area contributed by atoms with Crippen molar-refractivity contribution in [2.45, 2.75) is 33.5 Å². The maximum Gasteiger partial charge on any atom is 0.225 e. The second-order valence-corrected chi connectivity index (χ2v) is 3.51. The van der Waals surface area contributed by atoms with E-state index >= 15 is 0 Å². The zero-order valence-electron chi connectivity index (χ0n) is 10.2. The summed E-state index contributed by atoms with van der Waals surface area (Å²) < 4.78 is 11.0. The van der Waals surface area contributed by atoms with Crippen LogP contribution in [0.15, 0.2) is 6.20 Å². The highest BCUT2D eigenvalue weighted by Gasteiger charge is 2.31. The SMILES string of the molecule is CCOC(C)(OCC)c1ncc(C(C)=O)[nH]1. The summed E-state index contributed by atoms with van der Waals surface area (Å²) >= 11 is 0. The Balaban J connectivity index is 2.96. The molecule has 90 valence electrons. The van der Waals surface area contributed by atoms with Crippen LogP contribution in [0, 0.1) is 0 Å². The molecule has 0 amide bonds. The molecule has 5 nitrogen and oxygen atoms in total. The van der Waals surface area contributed by atoms with Crippen molar-refractivity contribution in [3.05, 3.63) is 17.7 Å². The molecule has 0 fully saturated rings. The standard InChI is InChI=1S/C11H18N2O3/c1-5-15-11(4,16-6-2)10-12-7-9(13-10)8(3)14/h7H,5-6H2,1-4H3,(H,12,13). The van der Waals surface area contributed by atoms with E-state index in [1.54, 1.807) is 6.92 Å². The van der Waals surface area contributed by atoms with Crippen molar-refractivity contribution in [1.29, 1.82) is 0 Å². The van der Waals surface area contributed by atoms with Gasteiger partial charge in [-0.25, -0.2) is 4.98 Å². The number of ether oxygens (including phenoxy) is 2. The summed E-state index contributed by atoms with van der Waals surface area (Å²) in [5.41, 5.74) is 0.459. The Morgan fingerprint density at radius 1 is 1.44 bits per heavy atom. The molecular weight excluding hydrogens is 208 g/mol. The highest BCUT2D eigenvalue weighted by atomic mass is 16.7. The van der Waals surface area contributed by atoms with Gasteiger partial charge in [-0.1, -0.05) is 0 Å². The maximum atomic E-state index is 11.1. The number of H-pyrrole nitrogens is 1. The van der Waals surface area contributed by atoms with Crippen LogP contribution in [0.5, 0.6) is 0 Å². The van der Waals surface area contributed by atoms with Gasteiger partial charge in [0.1, 0.15) is 5.69 Å². The average Bonchev–Trinajstić information content (AvgIpc) is 2.67. The van der Waals surface area contributed by atoms with E-state index < -0.39 is 5.79 Å². The maximum absolute atomic E-state index is 11.1. The predicted molar refractivity (Wildman–Crippen MR) is 59.2 cm³/mol. The summed E-state index contributed by atoms with van der Waals surface area (Å²) in [5.74, 6) is -0.465. The lowest BCUT2D eigenvalue weighted by Crippen LogP contribution is -2.31. The van der Waals surface area contributed by atoms with Crippen molar-refractivity contribution in [3.63, 3.8) is 0 Å². The molecule has 5 heteroatoms. The molecule has 0 spiro atoms. The van der Waals surface area contributed by atoms with Crippen LogP contribution in [-0.4, -0.2) is 29.0 Å². The smallest absolute Gasteiger partial charge is 0.225 e. The van der Waals surface area contributed by atoms with E-state index in [9.17, 15) is 4.79 Å². The lowest BCUT2D eigenvalue weighted by molar-refractivity contribution is -0.234. The minimum atomic E-state index is -0.919. The summed E-state index contributed by atoms with van der Waals surface area (Å²) in [4.78, 5) is 18.2. The number of hydrogen-bond acceptors (Lipinski definition) is 4. The molecule has 0 atom stereocenters. The lowest BCUT2D eigenvalue weighted by Gasteiger charge is -2.26. The molecule has 1 aromatic heterocycles. The molecule has 0 aromatic carbocycles. The topological polar surface area (TPSA) is 64.2 Å². The monoisotopic (exact) mass is 226 g/mol. The first-order valence-electron chi connectivity index (χ1n) is 5.37. The van der Waals surface area contributed by atoms with Crippen LogP contribution in [-0.2, 0) is 15.3 Å². The summed E-state index contributed by atoms with van der Waals surface area (Å²) in [6.45, 7) is 8.04. The van der Waals surface area contributed by atoms with Gasteiger partial charge in [-0.05, 0) is 20.8 Å². The number of nitrogens with one attached hydrogen (secondary N) is 1. The first-order chi connectivity index (χ1) is 7.53. The van der Waals surface area contributed by atoms with Gasteiger partial charge in [-0.3, -0.25) is 4.79 Å². The molecule has 0 saturated carbocycles. The largest absolute Gasteiger partial charge is 0.344 e. The van der Waals surface area contributed by atoms with Crippen LogP contribution >= 0.6 is 0 Å². The minimum Gasteiger partial charge on any atom is -0.344 e. The van der Waals surface area contributed by atoms with Crippen molar-refractivity contribution in [2.24, 2.45) is 0 Å². The molecule has 0 aliphatic rings. The highest BCUT2D eigenvalue weighted by Crippen LogP contribution is 2.24. The molecule has 0 unspecified atom stereocenters. The fourth-order valence-corrected chi connectivity index (χ4v) is 1.46. The lowest BCUT2D eigenvalue weighted by atomic mass is 10.3. The van der Waals surface area contributed by atoms with E-state index in [4.69, 9.17) is 9.47 Å². The van der Waals surface area contributed by atoms with Crippen molar-refractivity contribution >= 4 is 5.78 Å². The van der Waals surface area contributed by atoms with Gasteiger partial charge in [0.25, 0.3) is 0 Å². The number of imidazole rings is 1. The number of ketones is 1. The van der Waals surface area contributed by atoms with Gasteiger partial charge >= 0.3 is 0 Å². The average molecular weight is 226 g/mol. The minimum absolute atomic E-state index is 0.0610. The fourth-order valence-electron chi connectivity index (χ4n) is 1.46. The van der Waals surface area contributed by atoms with Crippen molar-refractivity contribution in [3.8, 4) is 0 Å². The second kappa shape index (κ2) is 5.23. The number of carbonyl (C=O) groups excluding carboxylic acids is 1. The Hall–Kier alpha value is -1.20. The molecule has 1 rings (SSSR count). The van der Waals surface area contributed by atoms with Gasteiger partial charge in [0.15, 0.2) is 11.6 Å². The van der Waals surface area contributed by atoms with Gasteiger partial charge in [-0.2, -0.15) is 0 Å². The van der Waals surface area contributed by atoms with E-state index in [2.05, 4.69) is 9.97 Å². The Morgan fingerprint density at radius 3 is 2.38 bits per heavy atom. The van der Waals surface area contributed by atoms with Crippen molar-refractivity contribution < 1.29 is 14.3 Å². The molecule has 0 aliphatic carbocycles. The summed E-state index contributed by atoms with van der Waals surface area (Å²) in [7, 11) is 0. The van der Waals surface area contributed by atoms with Gasteiger partial charge in [0, 0.05) is 20.1 Å². The van der Waals surface area contributed by atoms with Crippen LogP contribution in [0.25, 0.3) is 0 Å². The number of carbonyl (C=O) groups is 1. The van der Waals surface area contributed by atoms with Crippen LogP contribution < -0.4 is 0 Å². The van der Waals surface area contributed by atoms with Crippen LogP contribution in [0.4, 0.5) is 0 Å². The molecule has 1 N–H and O–H groups in total. The van der Waals surface area contributed by atoms with Gasteiger partial charge < -0.3 is 14.5 Å². The van der Waals surface area contributed by atoms with Crippen LogP contribution in [0.2, 0.25) is 0 Å². The number of aromatic nitrogens is 2. The van der Waals surface area contributed by atoms with E-state index in [1.165, 1.54) is 13.1 Å². The number of Topliss-reactive ketones (excluding diaryl/α,β-unsaturated/α-hetero) is 1. The molecule has 0 bridgehead atoms. The normalized spacial score (nSPS) is 11.8. The van der Waals surface area contributed by atoms with Crippen molar-refractivity contribution in [1.82, 2.24) is 9.97 Å². The van der Waals surface area contributed by atoms with Gasteiger partial charge in [0.05, 0.1) is 6.20 Å². The van der Waals surface area contributed by atoms with E-state index in [0.29, 0.717) is 24.7 Å². The quantitative estimate of drug-likeness (QED) is 0.594. The Kier molecular flexibility index (Phi) is 4.20. The highest BCUT2D eigenvalue weighted by molar-refractivity contribution is 5.91. The second-order valence-electron chi connectivity index (χ2n) is 3.51. The van der Waals surface area contributed by atoms with Crippen LogP contribution in [0.1, 0.15) is 44.0 Å². The van der Waals surface area contributed by atoms with Gasteiger partial charge in [-0.15, -0.1) is 0 Å². The number of rotatable bonds is 6. The molecule has 16 heavy (non-hydrogen) atoms. The first kappa shape index (κ1) is 12.9. The zero-order valence-corrected chi connectivity index (χ0v) is 10.2. The first-order valence-corrected chi connectivity index (χ1v) is 5.37. The third-order valence-electron chi connectivity index (χ3n) is 2.22. The summed E-state index contributed by atoms with van der Waals surface area (Å²) in [5, 5.41) is 0. The Bertz CT molecular complexity index is 354. The number of aromatic amines is 1. The predicted octanol–water partition coefficient (Wildman–Crippen LogP) is 1.86. The molecular formula is C11H18N2O3. The zero-order chi connectivity index (χ0) is 12.2.